The zero-order valence-electron chi connectivity index (χ0n) is 5.54. The Labute approximate surface area is 117 Å². The van der Waals surface area contributed by atoms with Crippen molar-refractivity contribution in [2.24, 2.45) is 0 Å². The Balaban J connectivity index is -0.000000405. The first kappa shape index (κ1) is 19.3. The van der Waals surface area contributed by atoms with Crippen molar-refractivity contribution in [1.82, 2.24) is 0 Å². The molecule has 0 amide bonds. The third-order valence-electron chi connectivity index (χ3n) is 0.200. The van der Waals surface area contributed by atoms with Crippen LogP contribution in [0.5, 0.6) is 0 Å². The van der Waals surface area contributed by atoms with Crippen LogP contribution in [-0.2, 0) is 29.5 Å². The second-order valence-corrected chi connectivity index (χ2v) is 2.97. The standard InChI is InChI=1S/ClH.K.H2O8S2/c;;1-9(2,3)7-8-10(4,5)6/h1H;;(H,1,2,3)(H,4,5,6)/q;+1;/p-1. The average Bonchev–Trinajstić information content (AvgIpc) is 1.57. The summed E-state index contributed by atoms with van der Waals surface area (Å²) in [4.78, 5) is 0. The molecule has 0 aromatic heterocycles. The molecular weight excluding hydrogens is 267 g/mol. The van der Waals surface area contributed by atoms with Crippen LogP contribution in [0, 0.1) is 0 Å². The molecule has 0 aliphatic carbocycles. The minimum absolute atomic E-state index is 0. The fourth-order valence-electron chi connectivity index (χ4n) is 0.0702. The molecule has 0 aromatic rings. The van der Waals surface area contributed by atoms with Crippen LogP contribution in [0.15, 0.2) is 0 Å². The van der Waals surface area contributed by atoms with Crippen LogP contribution < -0.4 is 63.8 Å². The minimum Gasteiger partial charge on any atom is -1.00 e. The Morgan fingerprint density at radius 2 is 1.00 bits per heavy atom. The van der Waals surface area contributed by atoms with Gasteiger partial charge >= 0.3 is 72.2 Å². The van der Waals surface area contributed by atoms with Gasteiger partial charge in [-0.1, -0.05) is 8.67 Å². The van der Waals surface area contributed by atoms with E-state index in [9.17, 15) is 16.8 Å². The SMILES string of the molecule is O=S(=O)(O)OOS(=O)(=O)O.[Cl-].[K+]. The van der Waals surface area contributed by atoms with Gasteiger partial charge in [-0.2, -0.15) is 16.8 Å². The van der Waals surface area contributed by atoms with E-state index in [-0.39, 0.29) is 63.8 Å². The maximum atomic E-state index is 9.51. The maximum Gasteiger partial charge on any atom is 1.00 e. The van der Waals surface area contributed by atoms with Crippen LogP contribution in [0.2, 0.25) is 0 Å². The summed E-state index contributed by atoms with van der Waals surface area (Å²) in [6, 6.07) is 0. The van der Waals surface area contributed by atoms with Crippen LogP contribution in [-0.4, -0.2) is 25.9 Å². The zero-order valence-corrected chi connectivity index (χ0v) is 11.1. The van der Waals surface area contributed by atoms with Gasteiger partial charge in [-0.15, -0.1) is 0 Å². The molecule has 0 unspecified atom stereocenters. The molecule has 0 fully saturated rings. The molecule has 0 atom stereocenters. The van der Waals surface area contributed by atoms with Crippen LogP contribution in [0.3, 0.4) is 0 Å². The summed E-state index contributed by atoms with van der Waals surface area (Å²) in [7, 11) is -10.0. The molecule has 2 N–H and O–H groups in total. The van der Waals surface area contributed by atoms with E-state index >= 15 is 0 Å². The van der Waals surface area contributed by atoms with E-state index in [2.05, 4.69) is 8.67 Å². The van der Waals surface area contributed by atoms with E-state index in [4.69, 9.17) is 9.11 Å². The van der Waals surface area contributed by atoms with Crippen molar-refractivity contribution in [3.8, 4) is 0 Å². The normalized spacial score (nSPS) is 11.2. The Bertz CT molecular complexity index is 253. The Morgan fingerprint density at radius 3 is 1.08 bits per heavy atom. The van der Waals surface area contributed by atoms with Crippen LogP contribution >= 0.6 is 0 Å². The summed E-state index contributed by atoms with van der Waals surface area (Å²) in [5.41, 5.74) is 0. The second-order valence-electron chi connectivity index (χ2n) is 0.992. The van der Waals surface area contributed by atoms with Crippen LogP contribution in [0.25, 0.3) is 0 Å². The van der Waals surface area contributed by atoms with Gasteiger partial charge in [-0.05, 0) is 0 Å². The Morgan fingerprint density at radius 1 is 0.833 bits per heavy atom. The topological polar surface area (TPSA) is 127 Å². The summed E-state index contributed by atoms with van der Waals surface area (Å²) in [5.74, 6) is 0. The number of hydrogen-bond acceptors (Lipinski definition) is 6. The molecule has 0 aliphatic heterocycles. The monoisotopic (exact) mass is 268 g/mol. The smallest absolute Gasteiger partial charge is 1.00 e. The van der Waals surface area contributed by atoms with Gasteiger partial charge in [0.1, 0.15) is 0 Å². The van der Waals surface area contributed by atoms with Gasteiger partial charge in [-0.3, -0.25) is 9.11 Å². The number of halogens is 1. The fraction of sp³-hybridized carbons (Fsp3) is 0. The van der Waals surface area contributed by atoms with Crippen LogP contribution in [0.1, 0.15) is 0 Å². The van der Waals surface area contributed by atoms with Crippen molar-refractivity contribution in [3.63, 3.8) is 0 Å². The second kappa shape index (κ2) is 7.02. The summed E-state index contributed by atoms with van der Waals surface area (Å²) < 4.78 is 58.9. The van der Waals surface area contributed by atoms with Crippen molar-refractivity contribution in [2.75, 3.05) is 0 Å². The summed E-state index contributed by atoms with van der Waals surface area (Å²) in [5, 5.41) is 0. The van der Waals surface area contributed by atoms with E-state index in [1.807, 2.05) is 0 Å². The Hall–Kier alpha value is 1.67. The molecule has 0 saturated heterocycles. The molecule has 0 heterocycles. The van der Waals surface area contributed by atoms with Crippen LogP contribution in [0.4, 0.5) is 0 Å². The molecule has 12 heavy (non-hydrogen) atoms. The molecule has 8 nitrogen and oxygen atoms in total. The molecule has 0 spiro atoms. The predicted octanol–water partition coefficient (Wildman–Crippen LogP) is -7.45. The van der Waals surface area contributed by atoms with Gasteiger partial charge in [0.05, 0.1) is 0 Å². The zero-order chi connectivity index (χ0) is 8.41. The summed E-state index contributed by atoms with van der Waals surface area (Å²) >= 11 is 0. The molecule has 0 bridgehead atoms. The summed E-state index contributed by atoms with van der Waals surface area (Å²) in [6.45, 7) is 0. The average molecular weight is 269 g/mol. The van der Waals surface area contributed by atoms with Gasteiger partial charge in [-0.25, -0.2) is 0 Å². The maximum absolute atomic E-state index is 9.51. The van der Waals surface area contributed by atoms with Gasteiger partial charge in [0.2, 0.25) is 0 Å². The molecular formula is H2ClKO8S2. The number of rotatable bonds is 3. The van der Waals surface area contributed by atoms with Crippen molar-refractivity contribution in [3.05, 3.63) is 0 Å². The minimum atomic E-state index is -5.02. The van der Waals surface area contributed by atoms with Gasteiger partial charge in [0, 0.05) is 0 Å². The molecule has 0 aliphatic rings. The first-order chi connectivity index (χ1) is 4.21. The van der Waals surface area contributed by atoms with Gasteiger partial charge in [0.15, 0.2) is 0 Å². The first-order valence-electron chi connectivity index (χ1n) is 1.53. The van der Waals surface area contributed by atoms with Crippen molar-refractivity contribution in [2.45, 2.75) is 0 Å². The molecule has 12 heteroatoms. The molecule has 0 radical (unpaired) electrons. The van der Waals surface area contributed by atoms with Crippen molar-refractivity contribution < 1.29 is 98.4 Å². The molecule has 0 rings (SSSR count). The van der Waals surface area contributed by atoms with Crippen molar-refractivity contribution in [1.29, 1.82) is 0 Å². The van der Waals surface area contributed by atoms with Gasteiger partial charge < -0.3 is 12.4 Å². The quantitative estimate of drug-likeness (QED) is 0.224. The van der Waals surface area contributed by atoms with E-state index in [1.54, 1.807) is 0 Å². The summed E-state index contributed by atoms with van der Waals surface area (Å²) in [6.07, 6.45) is 0. The molecule has 70 valence electrons. The third kappa shape index (κ3) is 17.7. The van der Waals surface area contributed by atoms with E-state index in [0.717, 1.165) is 0 Å². The first-order valence-corrected chi connectivity index (χ1v) is 4.26. The van der Waals surface area contributed by atoms with Crippen molar-refractivity contribution >= 4 is 20.8 Å². The molecule has 0 aromatic carbocycles. The number of hydrogen-bond donors (Lipinski definition) is 2. The predicted molar refractivity (Wildman–Crippen MR) is 25.3 cm³/mol. The molecule has 0 saturated carbocycles. The van der Waals surface area contributed by atoms with E-state index < -0.39 is 20.8 Å². The third-order valence-corrected chi connectivity index (χ3v) is 0.766. The van der Waals surface area contributed by atoms with E-state index in [0.29, 0.717) is 0 Å². The van der Waals surface area contributed by atoms with E-state index in [1.165, 1.54) is 0 Å². The largest absolute Gasteiger partial charge is 1.00 e. The fourth-order valence-corrected chi connectivity index (χ4v) is 0.632. The Kier molecular flexibility index (Phi) is 11.3. The van der Waals surface area contributed by atoms with Gasteiger partial charge in [0.25, 0.3) is 0 Å².